The molecule has 9 nitrogen and oxygen atoms in total. The van der Waals surface area contributed by atoms with Gasteiger partial charge in [0.2, 0.25) is 20.0 Å². The number of anilines is 1. The molecule has 0 aliphatic carbocycles. The molecule has 1 aliphatic rings. The normalized spacial score (nSPS) is 15.6. The maximum Gasteiger partial charge on any atom is 0.255 e. The highest BCUT2D eigenvalue weighted by molar-refractivity contribution is 7.89. The molecule has 3 rings (SSSR count). The monoisotopic (exact) mass is 481 g/mol. The van der Waals surface area contributed by atoms with Gasteiger partial charge in [-0.25, -0.2) is 16.8 Å². The number of nitrogens with zero attached hydrogens (tertiary/aromatic N) is 2. The minimum absolute atomic E-state index is 0.0814. The van der Waals surface area contributed by atoms with Crippen LogP contribution in [0, 0.1) is 0 Å². The number of hydrogen-bond acceptors (Lipinski definition) is 6. The fraction of sp³-hybridized carbons (Fsp3) is 0.381. The Kier molecular flexibility index (Phi) is 7.67. The Morgan fingerprint density at radius 1 is 0.969 bits per heavy atom. The maximum atomic E-state index is 12.8. The molecule has 0 radical (unpaired) electrons. The Morgan fingerprint density at radius 3 is 2.19 bits per heavy atom. The van der Waals surface area contributed by atoms with Crippen LogP contribution in [-0.4, -0.2) is 70.7 Å². The number of nitrogens with one attached hydrogen (secondary N) is 1. The highest BCUT2D eigenvalue weighted by atomic mass is 32.2. The van der Waals surface area contributed by atoms with E-state index in [9.17, 15) is 21.6 Å². The summed E-state index contributed by atoms with van der Waals surface area (Å²) in [4.78, 5) is 12.8. The van der Waals surface area contributed by atoms with E-state index in [2.05, 4.69) is 5.32 Å². The van der Waals surface area contributed by atoms with Crippen LogP contribution in [0.5, 0.6) is 0 Å². The summed E-state index contributed by atoms with van der Waals surface area (Å²) in [6.45, 7) is 5.47. The van der Waals surface area contributed by atoms with Gasteiger partial charge >= 0.3 is 0 Å². The summed E-state index contributed by atoms with van der Waals surface area (Å²) in [5.74, 6) is -0.474. The number of rotatable bonds is 8. The van der Waals surface area contributed by atoms with Crippen LogP contribution in [0.4, 0.5) is 5.69 Å². The van der Waals surface area contributed by atoms with Crippen molar-refractivity contribution in [3.05, 3.63) is 54.1 Å². The number of amides is 1. The predicted molar refractivity (Wildman–Crippen MR) is 121 cm³/mol. The van der Waals surface area contributed by atoms with Crippen molar-refractivity contribution in [2.75, 3.05) is 44.7 Å². The zero-order valence-electron chi connectivity index (χ0n) is 18.0. The van der Waals surface area contributed by atoms with Crippen molar-refractivity contribution in [1.29, 1.82) is 0 Å². The van der Waals surface area contributed by atoms with Gasteiger partial charge in [-0.2, -0.15) is 8.61 Å². The van der Waals surface area contributed by atoms with E-state index < -0.39 is 26.0 Å². The fourth-order valence-corrected chi connectivity index (χ4v) is 6.28. The zero-order valence-corrected chi connectivity index (χ0v) is 19.7. The van der Waals surface area contributed by atoms with Crippen molar-refractivity contribution in [1.82, 2.24) is 8.61 Å². The lowest BCUT2D eigenvalue weighted by Crippen LogP contribution is -2.40. The minimum Gasteiger partial charge on any atom is -0.379 e. The summed E-state index contributed by atoms with van der Waals surface area (Å²) >= 11 is 0. The molecule has 2 aromatic rings. The van der Waals surface area contributed by atoms with Crippen LogP contribution in [0.1, 0.15) is 24.2 Å². The van der Waals surface area contributed by atoms with Crippen molar-refractivity contribution >= 4 is 31.6 Å². The first-order valence-corrected chi connectivity index (χ1v) is 13.2. The number of carbonyl (C=O) groups excluding carboxylic acids is 1. The number of ether oxygens (including phenoxy) is 1. The van der Waals surface area contributed by atoms with E-state index in [4.69, 9.17) is 4.74 Å². The minimum atomic E-state index is -3.69. The molecule has 0 unspecified atom stereocenters. The summed E-state index contributed by atoms with van der Waals surface area (Å²) in [5.41, 5.74) is 0.578. The van der Waals surface area contributed by atoms with Crippen molar-refractivity contribution in [3.63, 3.8) is 0 Å². The third kappa shape index (κ3) is 5.18. The Hall–Kier alpha value is -2.31. The molecular weight excluding hydrogens is 454 g/mol. The van der Waals surface area contributed by atoms with Gasteiger partial charge in [0.05, 0.1) is 23.0 Å². The summed E-state index contributed by atoms with van der Waals surface area (Å²) in [6, 6.07) is 11.7. The average molecular weight is 482 g/mol. The summed E-state index contributed by atoms with van der Waals surface area (Å²) in [6.07, 6.45) is 0. The first kappa shape index (κ1) is 24.3. The fourth-order valence-electron chi connectivity index (χ4n) is 3.36. The molecule has 0 aromatic heterocycles. The maximum absolute atomic E-state index is 12.8. The van der Waals surface area contributed by atoms with Crippen molar-refractivity contribution in [3.8, 4) is 0 Å². The molecule has 1 saturated heterocycles. The molecule has 1 fully saturated rings. The van der Waals surface area contributed by atoms with Crippen molar-refractivity contribution in [2.24, 2.45) is 0 Å². The number of benzene rings is 2. The SMILES string of the molecule is CCN(CC)S(=O)(=O)c1ccc(C(=O)Nc2cccc(S(=O)(=O)N3CCOCC3)c2)cc1. The van der Waals surface area contributed by atoms with E-state index in [1.54, 1.807) is 26.0 Å². The number of morpholine rings is 1. The van der Waals surface area contributed by atoms with Gasteiger partial charge in [-0.05, 0) is 42.5 Å². The smallest absolute Gasteiger partial charge is 0.255 e. The third-order valence-corrected chi connectivity index (χ3v) is 9.12. The Morgan fingerprint density at radius 2 is 1.59 bits per heavy atom. The lowest BCUT2D eigenvalue weighted by atomic mass is 10.2. The average Bonchev–Trinajstić information content (AvgIpc) is 2.80. The molecule has 0 saturated carbocycles. The van der Waals surface area contributed by atoms with E-state index in [-0.39, 0.29) is 28.4 Å². The number of sulfonamides is 2. The molecule has 0 spiro atoms. The van der Waals surface area contributed by atoms with Gasteiger partial charge < -0.3 is 10.1 Å². The Labute approximate surface area is 189 Å². The summed E-state index contributed by atoms with van der Waals surface area (Å²) in [7, 11) is -7.30. The van der Waals surface area contributed by atoms with Gasteiger partial charge in [0, 0.05) is 37.4 Å². The van der Waals surface area contributed by atoms with Gasteiger partial charge in [0.25, 0.3) is 5.91 Å². The second-order valence-electron chi connectivity index (χ2n) is 7.11. The predicted octanol–water partition coefficient (Wildman–Crippen LogP) is 1.99. The molecule has 174 valence electrons. The van der Waals surface area contributed by atoms with Crippen LogP contribution in [0.15, 0.2) is 58.3 Å². The molecule has 2 aromatic carbocycles. The van der Waals surface area contributed by atoms with E-state index in [1.807, 2.05) is 0 Å². The summed E-state index contributed by atoms with van der Waals surface area (Å²) in [5, 5.41) is 2.67. The van der Waals surface area contributed by atoms with E-state index >= 15 is 0 Å². The number of carbonyl (C=O) groups is 1. The quantitative estimate of drug-likeness (QED) is 0.617. The summed E-state index contributed by atoms with van der Waals surface area (Å²) < 4.78 is 58.7. The zero-order chi connectivity index (χ0) is 23.4. The topological polar surface area (TPSA) is 113 Å². The first-order chi connectivity index (χ1) is 15.2. The molecule has 32 heavy (non-hydrogen) atoms. The van der Waals surface area contributed by atoms with Crippen LogP contribution in [0.3, 0.4) is 0 Å². The largest absolute Gasteiger partial charge is 0.379 e. The van der Waals surface area contributed by atoms with Crippen LogP contribution < -0.4 is 5.32 Å². The number of hydrogen-bond donors (Lipinski definition) is 1. The highest BCUT2D eigenvalue weighted by Gasteiger charge is 2.26. The van der Waals surface area contributed by atoms with Crippen LogP contribution in [0.25, 0.3) is 0 Å². The highest BCUT2D eigenvalue weighted by Crippen LogP contribution is 2.22. The second-order valence-corrected chi connectivity index (χ2v) is 11.0. The standard InChI is InChI=1S/C21H27N3O6S2/c1-3-23(4-2)31(26,27)19-10-8-17(9-11-19)21(25)22-18-6-5-7-20(16-18)32(28,29)24-12-14-30-15-13-24/h5-11,16H,3-4,12-15H2,1-2H3,(H,22,25). The van der Waals surface area contributed by atoms with E-state index in [1.165, 1.54) is 45.0 Å². The molecule has 1 amide bonds. The van der Waals surface area contributed by atoms with Gasteiger partial charge in [0.15, 0.2) is 0 Å². The van der Waals surface area contributed by atoms with Gasteiger partial charge in [-0.1, -0.05) is 19.9 Å². The Balaban J connectivity index is 1.76. The van der Waals surface area contributed by atoms with Gasteiger partial charge in [-0.15, -0.1) is 0 Å². The molecule has 11 heteroatoms. The molecule has 1 aliphatic heterocycles. The van der Waals surface area contributed by atoms with Crippen molar-refractivity contribution in [2.45, 2.75) is 23.6 Å². The van der Waals surface area contributed by atoms with Crippen LogP contribution >= 0.6 is 0 Å². The molecule has 0 bridgehead atoms. The van der Waals surface area contributed by atoms with Gasteiger partial charge in [-0.3, -0.25) is 4.79 Å². The van der Waals surface area contributed by atoms with Crippen LogP contribution in [-0.2, 0) is 24.8 Å². The van der Waals surface area contributed by atoms with Gasteiger partial charge in [0.1, 0.15) is 0 Å². The van der Waals surface area contributed by atoms with Crippen LogP contribution in [0.2, 0.25) is 0 Å². The molecule has 1 N–H and O–H groups in total. The molecule has 0 atom stereocenters. The van der Waals surface area contributed by atoms with Crippen molar-refractivity contribution < 1.29 is 26.4 Å². The lowest BCUT2D eigenvalue weighted by Gasteiger charge is -2.26. The molecule has 1 heterocycles. The van der Waals surface area contributed by atoms with E-state index in [0.29, 0.717) is 32.0 Å². The third-order valence-electron chi connectivity index (χ3n) is 5.16. The second kappa shape index (κ2) is 10.1. The lowest BCUT2D eigenvalue weighted by molar-refractivity contribution is 0.0730. The molecular formula is C21H27N3O6S2. The first-order valence-electron chi connectivity index (χ1n) is 10.3. The Bertz CT molecular complexity index is 1150. The van der Waals surface area contributed by atoms with E-state index in [0.717, 1.165) is 0 Å².